The highest BCUT2D eigenvalue weighted by Crippen LogP contribution is 2.16. The Morgan fingerprint density at radius 2 is 1.36 bits per heavy atom. The zero-order chi connectivity index (χ0) is 16.8. The summed E-state index contributed by atoms with van der Waals surface area (Å²) in [5.74, 6) is 0.259. The Balaban J connectivity index is 3.65. The SMILES string of the molecule is CCCCSCCCCCCCC/C(C(=O)O)=C(\C)C(=O)O. The first-order valence-corrected chi connectivity index (χ1v) is 9.40. The molecule has 0 aliphatic heterocycles. The van der Waals surface area contributed by atoms with Gasteiger partial charge in [0, 0.05) is 11.1 Å². The van der Waals surface area contributed by atoms with E-state index < -0.39 is 11.9 Å². The van der Waals surface area contributed by atoms with Gasteiger partial charge in [-0.2, -0.15) is 11.8 Å². The molecule has 4 nitrogen and oxygen atoms in total. The Bertz CT molecular complexity index is 364. The molecular formula is C17H30O4S. The molecule has 0 aromatic heterocycles. The molecule has 0 rings (SSSR count). The summed E-state index contributed by atoms with van der Waals surface area (Å²) >= 11 is 2.03. The van der Waals surface area contributed by atoms with E-state index in [2.05, 4.69) is 6.92 Å². The third-order valence-electron chi connectivity index (χ3n) is 3.64. The number of carboxylic acid groups (broad SMARTS) is 2. The summed E-state index contributed by atoms with van der Waals surface area (Å²) in [6.07, 6.45) is 9.39. The molecule has 0 saturated heterocycles. The highest BCUT2D eigenvalue weighted by Gasteiger charge is 2.15. The number of carboxylic acids is 2. The van der Waals surface area contributed by atoms with E-state index in [1.54, 1.807) is 0 Å². The summed E-state index contributed by atoms with van der Waals surface area (Å²) in [5, 5.41) is 17.9. The van der Waals surface area contributed by atoms with Crippen LogP contribution >= 0.6 is 11.8 Å². The van der Waals surface area contributed by atoms with Gasteiger partial charge in [0.25, 0.3) is 0 Å². The lowest BCUT2D eigenvalue weighted by Gasteiger charge is -2.05. The zero-order valence-corrected chi connectivity index (χ0v) is 14.7. The Kier molecular flexibility index (Phi) is 13.1. The van der Waals surface area contributed by atoms with E-state index in [1.165, 1.54) is 50.5 Å². The van der Waals surface area contributed by atoms with Crippen molar-refractivity contribution in [2.75, 3.05) is 11.5 Å². The Hall–Kier alpha value is -0.970. The standard InChI is InChI=1S/C17H30O4S/c1-3-4-12-22-13-10-8-6-5-7-9-11-15(17(20)21)14(2)16(18)19/h3-13H2,1-2H3,(H,18,19)(H,20,21)/b15-14-. The van der Waals surface area contributed by atoms with Crippen molar-refractivity contribution in [3.05, 3.63) is 11.1 Å². The number of unbranched alkanes of at least 4 members (excludes halogenated alkanes) is 6. The topological polar surface area (TPSA) is 74.6 Å². The van der Waals surface area contributed by atoms with Crippen LogP contribution in [0.3, 0.4) is 0 Å². The Morgan fingerprint density at radius 3 is 1.91 bits per heavy atom. The maximum absolute atomic E-state index is 11.0. The van der Waals surface area contributed by atoms with Crippen LogP contribution in [0.5, 0.6) is 0 Å². The minimum atomic E-state index is -1.14. The van der Waals surface area contributed by atoms with Crippen molar-refractivity contribution in [2.45, 2.75) is 71.6 Å². The van der Waals surface area contributed by atoms with E-state index in [0.29, 0.717) is 6.42 Å². The smallest absolute Gasteiger partial charge is 0.332 e. The van der Waals surface area contributed by atoms with E-state index in [-0.39, 0.29) is 11.1 Å². The minimum Gasteiger partial charge on any atom is -0.478 e. The van der Waals surface area contributed by atoms with Gasteiger partial charge in [0.2, 0.25) is 0 Å². The van der Waals surface area contributed by atoms with Crippen molar-refractivity contribution < 1.29 is 19.8 Å². The molecule has 0 amide bonds. The molecule has 0 bridgehead atoms. The van der Waals surface area contributed by atoms with Crippen LogP contribution in [0.1, 0.15) is 71.6 Å². The van der Waals surface area contributed by atoms with Crippen molar-refractivity contribution in [1.29, 1.82) is 0 Å². The molecule has 0 aromatic carbocycles. The van der Waals surface area contributed by atoms with Gasteiger partial charge in [0.15, 0.2) is 0 Å². The van der Waals surface area contributed by atoms with Gasteiger partial charge in [0.1, 0.15) is 0 Å². The van der Waals surface area contributed by atoms with Crippen molar-refractivity contribution in [3.8, 4) is 0 Å². The van der Waals surface area contributed by atoms with E-state index in [4.69, 9.17) is 10.2 Å². The van der Waals surface area contributed by atoms with Crippen molar-refractivity contribution in [3.63, 3.8) is 0 Å². The van der Waals surface area contributed by atoms with Crippen molar-refractivity contribution in [1.82, 2.24) is 0 Å². The summed E-state index contributed by atoms with van der Waals surface area (Å²) in [5.41, 5.74) is -0.00331. The Labute approximate surface area is 138 Å². The first-order chi connectivity index (χ1) is 10.5. The maximum atomic E-state index is 11.0. The summed E-state index contributed by atoms with van der Waals surface area (Å²) in [6.45, 7) is 3.57. The molecule has 128 valence electrons. The van der Waals surface area contributed by atoms with Gasteiger partial charge in [-0.15, -0.1) is 0 Å². The van der Waals surface area contributed by atoms with Gasteiger partial charge in [0.05, 0.1) is 0 Å². The number of thioether (sulfide) groups is 1. The van der Waals surface area contributed by atoms with Crippen LogP contribution in [0.25, 0.3) is 0 Å². The van der Waals surface area contributed by atoms with Crippen molar-refractivity contribution >= 4 is 23.7 Å². The fourth-order valence-electron chi connectivity index (χ4n) is 2.15. The van der Waals surface area contributed by atoms with Gasteiger partial charge in [-0.25, -0.2) is 9.59 Å². The fraction of sp³-hybridized carbons (Fsp3) is 0.765. The van der Waals surface area contributed by atoms with Crippen LogP contribution in [0, 0.1) is 0 Å². The first-order valence-electron chi connectivity index (χ1n) is 8.24. The van der Waals surface area contributed by atoms with Crippen LogP contribution < -0.4 is 0 Å². The van der Waals surface area contributed by atoms with Crippen LogP contribution in [0.4, 0.5) is 0 Å². The summed E-state index contributed by atoms with van der Waals surface area (Å²) < 4.78 is 0. The lowest BCUT2D eigenvalue weighted by atomic mass is 10.0. The number of carbonyl (C=O) groups is 2. The first kappa shape index (κ1) is 21.0. The molecule has 2 N–H and O–H groups in total. The largest absolute Gasteiger partial charge is 0.478 e. The molecular weight excluding hydrogens is 300 g/mol. The number of hydrogen-bond donors (Lipinski definition) is 2. The normalized spacial score (nSPS) is 12.1. The van der Waals surface area contributed by atoms with E-state index >= 15 is 0 Å². The van der Waals surface area contributed by atoms with Crippen LogP contribution in [-0.2, 0) is 9.59 Å². The van der Waals surface area contributed by atoms with Gasteiger partial charge in [-0.05, 0) is 44.1 Å². The van der Waals surface area contributed by atoms with E-state index in [9.17, 15) is 9.59 Å². The van der Waals surface area contributed by atoms with Gasteiger partial charge in [-0.3, -0.25) is 0 Å². The molecule has 0 aliphatic rings. The molecule has 0 unspecified atom stereocenters. The van der Waals surface area contributed by atoms with E-state index in [1.807, 2.05) is 11.8 Å². The third-order valence-corrected chi connectivity index (χ3v) is 4.79. The molecule has 0 atom stereocenters. The molecule has 0 fully saturated rings. The minimum absolute atomic E-state index is 0.0415. The predicted octanol–water partition coefficient (Wildman–Crippen LogP) is 4.74. The summed E-state index contributed by atoms with van der Waals surface area (Å²) in [7, 11) is 0. The van der Waals surface area contributed by atoms with Crippen LogP contribution in [0.2, 0.25) is 0 Å². The van der Waals surface area contributed by atoms with Crippen LogP contribution in [0.15, 0.2) is 11.1 Å². The lowest BCUT2D eigenvalue weighted by Crippen LogP contribution is -2.09. The molecule has 22 heavy (non-hydrogen) atoms. The second-order valence-corrected chi connectivity index (χ2v) is 6.78. The van der Waals surface area contributed by atoms with Gasteiger partial charge < -0.3 is 10.2 Å². The molecule has 0 heterocycles. The second kappa shape index (κ2) is 13.7. The number of rotatable bonds is 14. The molecule has 5 heteroatoms. The monoisotopic (exact) mass is 330 g/mol. The summed E-state index contributed by atoms with van der Waals surface area (Å²) in [4.78, 5) is 21.9. The number of aliphatic carboxylic acids is 2. The molecule has 0 radical (unpaired) electrons. The lowest BCUT2D eigenvalue weighted by molar-refractivity contribution is -0.136. The summed E-state index contributed by atoms with van der Waals surface area (Å²) in [6, 6.07) is 0. The highest BCUT2D eigenvalue weighted by molar-refractivity contribution is 7.99. The molecule has 0 saturated carbocycles. The van der Waals surface area contributed by atoms with Gasteiger partial charge >= 0.3 is 11.9 Å². The second-order valence-electron chi connectivity index (χ2n) is 5.55. The molecule has 0 aromatic rings. The highest BCUT2D eigenvalue weighted by atomic mass is 32.2. The molecule has 0 aliphatic carbocycles. The average Bonchev–Trinajstić information content (AvgIpc) is 2.47. The predicted molar refractivity (Wildman–Crippen MR) is 92.5 cm³/mol. The quantitative estimate of drug-likeness (QED) is 0.355. The fourth-order valence-corrected chi connectivity index (χ4v) is 3.25. The average molecular weight is 330 g/mol. The Morgan fingerprint density at radius 1 is 0.818 bits per heavy atom. The zero-order valence-electron chi connectivity index (χ0n) is 13.9. The molecule has 0 spiro atoms. The van der Waals surface area contributed by atoms with Crippen molar-refractivity contribution in [2.24, 2.45) is 0 Å². The maximum Gasteiger partial charge on any atom is 0.332 e. The van der Waals surface area contributed by atoms with Gasteiger partial charge in [-0.1, -0.05) is 39.0 Å². The van der Waals surface area contributed by atoms with Crippen LogP contribution in [-0.4, -0.2) is 33.7 Å². The van der Waals surface area contributed by atoms with E-state index in [0.717, 1.165) is 19.3 Å². The third kappa shape index (κ3) is 10.7. The number of hydrogen-bond acceptors (Lipinski definition) is 3.